The number of nitrogens with zero attached hydrogens (tertiary/aromatic N) is 4. The van der Waals surface area contributed by atoms with Gasteiger partial charge in [-0.25, -0.2) is 0 Å². The van der Waals surface area contributed by atoms with Gasteiger partial charge < -0.3 is 9.88 Å². The first-order valence-corrected chi connectivity index (χ1v) is 10.1. The van der Waals surface area contributed by atoms with Crippen LogP contribution in [-0.2, 0) is 24.2 Å². The first kappa shape index (κ1) is 17.7. The molecule has 0 saturated carbocycles. The molecule has 2 heterocycles. The summed E-state index contributed by atoms with van der Waals surface area (Å²) < 4.78 is 2.03. The van der Waals surface area contributed by atoms with Gasteiger partial charge in [-0.3, -0.25) is 9.78 Å². The minimum absolute atomic E-state index is 0.0360. The molecule has 2 aromatic heterocycles. The van der Waals surface area contributed by atoms with E-state index in [-0.39, 0.29) is 11.9 Å². The van der Waals surface area contributed by atoms with Gasteiger partial charge in [0, 0.05) is 30.5 Å². The van der Waals surface area contributed by atoms with Gasteiger partial charge >= 0.3 is 0 Å². The van der Waals surface area contributed by atoms with Gasteiger partial charge in [0.1, 0.15) is 0 Å². The third kappa shape index (κ3) is 3.88. The van der Waals surface area contributed by atoms with Crippen LogP contribution in [0.15, 0.2) is 53.9 Å². The van der Waals surface area contributed by atoms with Crippen LogP contribution < -0.4 is 5.32 Å². The van der Waals surface area contributed by atoms with Crippen molar-refractivity contribution in [1.82, 2.24) is 25.1 Å². The number of carbonyl (C=O) groups is 1. The van der Waals surface area contributed by atoms with E-state index in [0.717, 1.165) is 35.9 Å². The topological polar surface area (TPSA) is 72.7 Å². The van der Waals surface area contributed by atoms with Crippen molar-refractivity contribution in [2.45, 2.75) is 37.5 Å². The molecule has 7 heteroatoms. The summed E-state index contributed by atoms with van der Waals surface area (Å²) in [6.07, 6.45) is 5.29. The summed E-state index contributed by atoms with van der Waals surface area (Å²) in [6, 6.07) is 12.4. The zero-order valence-corrected chi connectivity index (χ0v) is 15.9. The number of hydrogen-bond acceptors (Lipinski definition) is 5. The molecule has 27 heavy (non-hydrogen) atoms. The van der Waals surface area contributed by atoms with Crippen LogP contribution in [0.3, 0.4) is 0 Å². The van der Waals surface area contributed by atoms with E-state index in [1.165, 1.54) is 22.9 Å². The normalized spacial score (nSPS) is 13.5. The van der Waals surface area contributed by atoms with Crippen LogP contribution >= 0.6 is 11.8 Å². The molecular formula is C20H21N5OS. The second kappa shape index (κ2) is 7.92. The summed E-state index contributed by atoms with van der Waals surface area (Å²) in [5.41, 5.74) is 3.64. The number of aromatic nitrogens is 4. The lowest BCUT2D eigenvalue weighted by atomic mass is 10.1. The predicted molar refractivity (Wildman–Crippen MR) is 105 cm³/mol. The zero-order valence-electron chi connectivity index (χ0n) is 15.1. The highest BCUT2D eigenvalue weighted by Gasteiger charge is 2.22. The Bertz CT molecular complexity index is 916. The Kier molecular flexibility index (Phi) is 5.20. The molecule has 0 saturated heterocycles. The number of carbonyl (C=O) groups excluding carboxylic acids is 1. The molecule has 138 valence electrons. The highest BCUT2D eigenvalue weighted by molar-refractivity contribution is 7.99. The van der Waals surface area contributed by atoms with Gasteiger partial charge in [0.25, 0.3) is 0 Å². The van der Waals surface area contributed by atoms with E-state index < -0.39 is 0 Å². The van der Waals surface area contributed by atoms with E-state index in [4.69, 9.17) is 0 Å². The molecule has 0 unspecified atom stereocenters. The van der Waals surface area contributed by atoms with Crippen LogP contribution in [0.2, 0.25) is 0 Å². The number of fused-ring (bicyclic) bond motifs is 1. The largest absolute Gasteiger partial charge is 0.352 e. The molecule has 4 rings (SSSR count). The summed E-state index contributed by atoms with van der Waals surface area (Å²) >= 11 is 1.42. The lowest BCUT2D eigenvalue weighted by Gasteiger charge is -2.12. The summed E-state index contributed by atoms with van der Waals surface area (Å²) in [7, 11) is 0. The van der Waals surface area contributed by atoms with Crippen molar-refractivity contribution in [2.75, 3.05) is 5.75 Å². The Morgan fingerprint density at radius 1 is 1.15 bits per heavy atom. The average molecular weight is 379 g/mol. The van der Waals surface area contributed by atoms with Crippen LogP contribution in [0.4, 0.5) is 0 Å². The van der Waals surface area contributed by atoms with Gasteiger partial charge in [-0.1, -0.05) is 36.0 Å². The first-order chi connectivity index (χ1) is 13.2. The van der Waals surface area contributed by atoms with Gasteiger partial charge in [-0.05, 0) is 43.0 Å². The van der Waals surface area contributed by atoms with Gasteiger partial charge in [-0.2, -0.15) is 0 Å². The molecule has 1 aliphatic carbocycles. The Balaban J connectivity index is 1.37. The molecule has 0 aliphatic heterocycles. The Hall–Kier alpha value is -2.67. The van der Waals surface area contributed by atoms with Gasteiger partial charge in [-0.15, -0.1) is 10.2 Å². The van der Waals surface area contributed by atoms with E-state index in [1.807, 2.05) is 23.6 Å². The maximum atomic E-state index is 12.4. The highest BCUT2D eigenvalue weighted by Crippen LogP contribution is 2.24. The molecule has 1 aliphatic rings. The van der Waals surface area contributed by atoms with Crippen LogP contribution in [-0.4, -0.2) is 37.5 Å². The molecule has 0 fully saturated rings. The minimum Gasteiger partial charge on any atom is -0.352 e. The first-order valence-electron chi connectivity index (χ1n) is 9.07. The Morgan fingerprint density at radius 3 is 2.52 bits per heavy atom. The fourth-order valence-electron chi connectivity index (χ4n) is 3.46. The van der Waals surface area contributed by atoms with Crippen molar-refractivity contribution in [2.24, 2.45) is 0 Å². The van der Waals surface area contributed by atoms with Crippen LogP contribution in [0.25, 0.3) is 11.4 Å². The molecule has 6 nitrogen and oxygen atoms in total. The smallest absolute Gasteiger partial charge is 0.230 e. The summed E-state index contributed by atoms with van der Waals surface area (Å²) in [5.74, 6) is 1.17. The number of benzene rings is 1. The molecular weight excluding hydrogens is 358 g/mol. The highest BCUT2D eigenvalue weighted by atomic mass is 32.2. The van der Waals surface area contributed by atoms with Gasteiger partial charge in [0.05, 0.1) is 5.75 Å². The minimum atomic E-state index is 0.0360. The quantitative estimate of drug-likeness (QED) is 0.667. The van der Waals surface area contributed by atoms with E-state index >= 15 is 0 Å². The number of hydrogen-bond donors (Lipinski definition) is 1. The SMILES string of the molecule is CCn1c(SCC(=O)NC2Cc3ccccc3C2)nnc1-c1ccncc1. The van der Waals surface area contributed by atoms with E-state index in [2.05, 4.69) is 44.8 Å². The van der Waals surface area contributed by atoms with Crippen molar-refractivity contribution in [3.63, 3.8) is 0 Å². The lowest BCUT2D eigenvalue weighted by Crippen LogP contribution is -2.36. The van der Waals surface area contributed by atoms with Gasteiger partial charge in [0.2, 0.25) is 5.91 Å². The van der Waals surface area contributed by atoms with E-state index in [9.17, 15) is 4.79 Å². The molecule has 3 aromatic rings. The summed E-state index contributed by atoms with van der Waals surface area (Å²) in [5, 5.41) is 12.5. The number of pyridine rings is 1. The second-order valence-electron chi connectivity index (χ2n) is 6.52. The van der Waals surface area contributed by atoms with Crippen LogP contribution in [0, 0.1) is 0 Å². The fraction of sp³-hybridized carbons (Fsp3) is 0.300. The Morgan fingerprint density at radius 2 is 1.85 bits per heavy atom. The number of nitrogens with one attached hydrogen (secondary N) is 1. The van der Waals surface area contributed by atoms with Gasteiger partial charge in [0.15, 0.2) is 11.0 Å². The molecule has 0 radical (unpaired) electrons. The molecule has 0 spiro atoms. The van der Waals surface area contributed by atoms with Crippen molar-refractivity contribution in [1.29, 1.82) is 0 Å². The Labute approximate surface area is 162 Å². The monoisotopic (exact) mass is 379 g/mol. The van der Waals surface area contributed by atoms with E-state index in [0.29, 0.717) is 5.75 Å². The number of amides is 1. The fourth-order valence-corrected chi connectivity index (χ4v) is 4.27. The molecule has 1 N–H and O–H groups in total. The zero-order chi connectivity index (χ0) is 18.6. The third-order valence-corrected chi connectivity index (χ3v) is 5.69. The summed E-state index contributed by atoms with van der Waals surface area (Å²) in [4.78, 5) is 16.4. The molecule has 1 aromatic carbocycles. The maximum Gasteiger partial charge on any atom is 0.230 e. The number of thioether (sulfide) groups is 1. The second-order valence-corrected chi connectivity index (χ2v) is 7.46. The molecule has 0 bridgehead atoms. The average Bonchev–Trinajstić information content (AvgIpc) is 3.29. The van der Waals surface area contributed by atoms with E-state index in [1.54, 1.807) is 12.4 Å². The van der Waals surface area contributed by atoms with Crippen molar-refractivity contribution in [3.8, 4) is 11.4 Å². The number of rotatable bonds is 6. The molecule has 0 atom stereocenters. The standard InChI is InChI=1S/C20H21N5OS/c1-2-25-19(14-7-9-21-10-8-14)23-24-20(25)27-13-18(26)22-17-11-15-5-3-4-6-16(15)12-17/h3-10,17H,2,11-13H2,1H3,(H,22,26). The van der Waals surface area contributed by atoms with Crippen LogP contribution in [0.5, 0.6) is 0 Å². The lowest BCUT2D eigenvalue weighted by molar-refractivity contribution is -0.119. The predicted octanol–water partition coefficient (Wildman–Crippen LogP) is 2.74. The third-order valence-electron chi connectivity index (χ3n) is 4.72. The van der Waals surface area contributed by atoms with Crippen LogP contribution in [0.1, 0.15) is 18.1 Å². The van der Waals surface area contributed by atoms with Crippen molar-refractivity contribution in [3.05, 3.63) is 59.9 Å². The maximum absolute atomic E-state index is 12.4. The van der Waals surface area contributed by atoms with Crippen molar-refractivity contribution >= 4 is 17.7 Å². The summed E-state index contributed by atoms with van der Waals surface area (Å²) in [6.45, 7) is 2.79. The van der Waals surface area contributed by atoms with Crippen molar-refractivity contribution < 1.29 is 4.79 Å². The molecule has 1 amide bonds.